The summed E-state index contributed by atoms with van der Waals surface area (Å²) in [5.74, 6) is -3.38. The van der Waals surface area contributed by atoms with E-state index in [-0.39, 0.29) is 42.9 Å². The van der Waals surface area contributed by atoms with Crippen molar-refractivity contribution >= 4 is 29.7 Å². The van der Waals surface area contributed by atoms with Crippen molar-refractivity contribution in [2.45, 2.75) is 77.5 Å². The molecule has 1 aromatic rings. The third-order valence-electron chi connectivity index (χ3n) is 5.88. The number of phenols is 1. The van der Waals surface area contributed by atoms with E-state index in [4.69, 9.17) is 17.2 Å². The number of benzene rings is 1. The minimum absolute atomic E-state index is 0.0299. The first-order valence-electron chi connectivity index (χ1n) is 12.9. The van der Waals surface area contributed by atoms with Gasteiger partial charge >= 0.3 is 5.97 Å². The van der Waals surface area contributed by atoms with Gasteiger partial charge in [0.2, 0.25) is 17.7 Å². The van der Waals surface area contributed by atoms with E-state index in [1.165, 1.54) is 12.1 Å². The fourth-order valence-electron chi connectivity index (χ4n) is 3.77. The Kier molecular flexibility index (Phi) is 13.7. The monoisotopic (exact) mass is 549 g/mol. The van der Waals surface area contributed by atoms with Gasteiger partial charge in [-0.2, -0.15) is 0 Å². The zero-order valence-corrected chi connectivity index (χ0v) is 23.0. The van der Waals surface area contributed by atoms with Gasteiger partial charge in [0.25, 0.3) is 0 Å². The van der Waals surface area contributed by atoms with E-state index >= 15 is 0 Å². The highest BCUT2D eigenvalue weighted by atomic mass is 16.4. The Morgan fingerprint density at radius 3 is 2.00 bits per heavy atom. The van der Waals surface area contributed by atoms with Gasteiger partial charge in [-0.3, -0.25) is 19.4 Å². The van der Waals surface area contributed by atoms with Gasteiger partial charge in [-0.05, 0) is 55.2 Å². The van der Waals surface area contributed by atoms with Crippen molar-refractivity contribution in [2.24, 2.45) is 34.0 Å². The maximum absolute atomic E-state index is 13.2. The highest BCUT2D eigenvalue weighted by Crippen LogP contribution is 2.12. The smallest absolute Gasteiger partial charge is 0.326 e. The van der Waals surface area contributed by atoms with Crippen LogP contribution in [0.15, 0.2) is 29.3 Å². The van der Waals surface area contributed by atoms with Crippen LogP contribution >= 0.6 is 0 Å². The number of hydrogen-bond acceptors (Lipinski definition) is 7. The van der Waals surface area contributed by atoms with Crippen LogP contribution in [0.5, 0.6) is 5.75 Å². The van der Waals surface area contributed by atoms with E-state index in [1.807, 2.05) is 13.8 Å². The van der Waals surface area contributed by atoms with Crippen LogP contribution in [-0.2, 0) is 25.6 Å². The summed E-state index contributed by atoms with van der Waals surface area (Å²) in [5.41, 5.74) is 17.3. The molecule has 218 valence electrons. The Hall–Kier alpha value is -3.87. The van der Waals surface area contributed by atoms with E-state index in [0.29, 0.717) is 12.8 Å². The lowest BCUT2D eigenvalue weighted by Gasteiger charge is -2.27. The quantitative estimate of drug-likeness (QED) is 0.0756. The molecule has 0 aliphatic carbocycles. The Morgan fingerprint density at radius 1 is 0.897 bits per heavy atom. The van der Waals surface area contributed by atoms with Crippen molar-refractivity contribution in [3.05, 3.63) is 29.8 Å². The predicted octanol–water partition coefficient (Wildman–Crippen LogP) is -0.443. The zero-order chi connectivity index (χ0) is 29.7. The molecule has 0 radical (unpaired) electrons. The lowest BCUT2D eigenvalue weighted by molar-refractivity contribution is -0.142. The molecule has 0 heterocycles. The van der Waals surface area contributed by atoms with E-state index in [9.17, 15) is 29.4 Å². The SMILES string of the molecule is CC(C)CC(NC(=O)C(N)Cc1ccc(O)cc1)C(=O)NC(C(=O)NC(CCCN=C(N)N)C(=O)O)C(C)C. The molecule has 39 heavy (non-hydrogen) atoms. The summed E-state index contributed by atoms with van der Waals surface area (Å²) in [6, 6.07) is 2.12. The molecular weight excluding hydrogens is 506 g/mol. The molecule has 13 heteroatoms. The van der Waals surface area contributed by atoms with E-state index in [0.717, 1.165) is 5.56 Å². The zero-order valence-electron chi connectivity index (χ0n) is 23.0. The second-order valence-corrected chi connectivity index (χ2v) is 10.2. The van der Waals surface area contributed by atoms with Crippen LogP contribution in [0.3, 0.4) is 0 Å². The molecule has 1 rings (SSSR count). The largest absolute Gasteiger partial charge is 0.508 e. The second kappa shape index (κ2) is 16.2. The Morgan fingerprint density at radius 2 is 1.49 bits per heavy atom. The molecule has 13 nitrogen and oxygen atoms in total. The minimum atomic E-state index is -1.23. The molecule has 0 bridgehead atoms. The number of aliphatic imine (C=N–C) groups is 1. The molecule has 4 unspecified atom stereocenters. The first-order valence-corrected chi connectivity index (χ1v) is 12.9. The average Bonchev–Trinajstić information content (AvgIpc) is 2.84. The van der Waals surface area contributed by atoms with Crippen LogP contribution < -0.4 is 33.2 Å². The fraction of sp³-hybridized carbons (Fsp3) is 0.577. The Labute approximate surface area is 229 Å². The molecule has 1 aromatic carbocycles. The molecule has 4 atom stereocenters. The Balaban J connectivity index is 2.90. The van der Waals surface area contributed by atoms with Crippen molar-refractivity contribution in [3.8, 4) is 5.75 Å². The van der Waals surface area contributed by atoms with Crippen molar-refractivity contribution in [1.29, 1.82) is 0 Å². The summed E-state index contributed by atoms with van der Waals surface area (Å²) in [7, 11) is 0. The molecular formula is C26H43N7O6. The van der Waals surface area contributed by atoms with Gasteiger partial charge in [-0.15, -0.1) is 0 Å². The van der Waals surface area contributed by atoms with Crippen molar-refractivity contribution in [2.75, 3.05) is 6.54 Å². The summed E-state index contributed by atoms with van der Waals surface area (Å²) in [4.78, 5) is 54.5. The number of aromatic hydroxyl groups is 1. The van der Waals surface area contributed by atoms with E-state index in [2.05, 4.69) is 20.9 Å². The number of hydrogen-bond donors (Lipinski definition) is 8. The highest BCUT2D eigenvalue weighted by molar-refractivity contribution is 5.94. The van der Waals surface area contributed by atoms with Crippen molar-refractivity contribution in [1.82, 2.24) is 16.0 Å². The summed E-state index contributed by atoms with van der Waals surface area (Å²) >= 11 is 0. The molecule has 11 N–H and O–H groups in total. The van der Waals surface area contributed by atoms with Crippen molar-refractivity contribution < 1.29 is 29.4 Å². The van der Waals surface area contributed by atoms with Gasteiger partial charge in [0.1, 0.15) is 23.9 Å². The lowest BCUT2D eigenvalue weighted by atomic mass is 9.98. The van der Waals surface area contributed by atoms with Gasteiger partial charge < -0.3 is 43.4 Å². The fourth-order valence-corrected chi connectivity index (χ4v) is 3.77. The lowest BCUT2D eigenvalue weighted by Crippen LogP contribution is -2.58. The molecule has 0 aliphatic heterocycles. The molecule has 0 fully saturated rings. The van der Waals surface area contributed by atoms with Crippen LogP contribution in [-0.4, -0.2) is 70.6 Å². The summed E-state index contributed by atoms with van der Waals surface area (Å²) < 4.78 is 0. The number of carbonyl (C=O) groups is 4. The maximum atomic E-state index is 13.2. The molecule has 0 saturated heterocycles. The second-order valence-electron chi connectivity index (χ2n) is 10.2. The molecule has 3 amide bonds. The number of guanidine groups is 1. The van der Waals surface area contributed by atoms with Gasteiger partial charge in [0.05, 0.1) is 6.04 Å². The van der Waals surface area contributed by atoms with Gasteiger partial charge in [-0.1, -0.05) is 39.8 Å². The molecule has 0 aliphatic rings. The number of nitrogens with one attached hydrogen (secondary N) is 3. The summed E-state index contributed by atoms with van der Waals surface area (Å²) in [5, 5.41) is 26.8. The van der Waals surface area contributed by atoms with E-state index in [1.54, 1.807) is 26.0 Å². The minimum Gasteiger partial charge on any atom is -0.508 e. The van der Waals surface area contributed by atoms with Crippen LogP contribution in [0, 0.1) is 11.8 Å². The number of amides is 3. The number of nitrogens with zero attached hydrogens (tertiary/aromatic N) is 1. The molecule has 0 saturated carbocycles. The summed E-state index contributed by atoms with van der Waals surface area (Å²) in [6.07, 6.45) is 0.889. The normalized spacial score (nSPS) is 14.1. The number of carboxylic acid groups (broad SMARTS) is 1. The molecule has 0 aromatic heterocycles. The van der Waals surface area contributed by atoms with Crippen LogP contribution in [0.4, 0.5) is 0 Å². The Bertz CT molecular complexity index is 993. The van der Waals surface area contributed by atoms with Gasteiger partial charge in [0, 0.05) is 6.54 Å². The first kappa shape index (κ1) is 33.2. The maximum Gasteiger partial charge on any atom is 0.326 e. The van der Waals surface area contributed by atoms with Crippen molar-refractivity contribution in [3.63, 3.8) is 0 Å². The van der Waals surface area contributed by atoms with Gasteiger partial charge in [0.15, 0.2) is 5.96 Å². The number of carbonyl (C=O) groups excluding carboxylic acids is 3. The molecule has 0 spiro atoms. The van der Waals surface area contributed by atoms with E-state index < -0.39 is 47.9 Å². The number of aliphatic carboxylic acids is 1. The van der Waals surface area contributed by atoms with Gasteiger partial charge in [-0.25, -0.2) is 4.79 Å². The van der Waals surface area contributed by atoms with Crippen LogP contribution in [0.2, 0.25) is 0 Å². The van der Waals surface area contributed by atoms with Crippen LogP contribution in [0.1, 0.15) is 52.5 Å². The predicted molar refractivity (Wildman–Crippen MR) is 147 cm³/mol. The number of nitrogens with two attached hydrogens (primary N) is 3. The average molecular weight is 550 g/mol. The van der Waals surface area contributed by atoms with Crippen LogP contribution in [0.25, 0.3) is 0 Å². The highest BCUT2D eigenvalue weighted by Gasteiger charge is 2.32. The topological polar surface area (TPSA) is 235 Å². The number of carboxylic acids is 1. The third kappa shape index (κ3) is 12.5. The number of rotatable bonds is 16. The third-order valence-corrected chi connectivity index (χ3v) is 5.88. The standard InChI is InChI=1S/C26H43N7O6/c1-14(2)12-20(32-22(35)18(27)13-16-7-9-17(34)10-8-16)23(36)33-21(15(3)4)24(37)31-19(25(38)39)6-5-11-30-26(28)29/h7-10,14-15,18-21,34H,5-6,11-13,27H2,1-4H3,(H,31,37)(H,32,35)(H,33,36)(H,38,39)(H4,28,29,30). The number of phenolic OH excluding ortho intramolecular Hbond substituents is 1. The summed E-state index contributed by atoms with van der Waals surface area (Å²) in [6.45, 7) is 7.40. The first-order chi connectivity index (χ1) is 18.2.